The number of hydrogen-bond donors (Lipinski definition) is 0. The largest absolute Gasteiger partial charge is 0.294 e. The molecule has 0 radical (unpaired) electrons. The molecule has 0 N–H and O–H groups in total. The second-order valence-corrected chi connectivity index (χ2v) is 4.44. The SMILES string of the molecule is Cc1cccc(C(=O)Cc2cnn(C)c2)c1Cl. The molecule has 0 saturated carbocycles. The maximum Gasteiger partial charge on any atom is 0.168 e. The van der Waals surface area contributed by atoms with E-state index < -0.39 is 0 Å². The Bertz CT molecular complexity index is 560. The van der Waals surface area contributed by atoms with Gasteiger partial charge in [-0.05, 0) is 24.1 Å². The predicted octanol–water partition coefficient (Wildman–Crippen LogP) is 2.81. The van der Waals surface area contributed by atoms with Gasteiger partial charge in [-0.15, -0.1) is 0 Å². The highest BCUT2D eigenvalue weighted by atomic mass is 35.5. The number of hydrogen-bond acceptors (Lipinski definition) is 2. The smallest absolute Gasteiger partial charge is 0.168 e. The van der Waals surface area contributed by atoms with Gasteiger partial charge in [0.2, 0.25) is 0 Å². The number of carbonyl (C=O) groups excluding carboxylic acids is 1. The van der Waals surface area contributed by atoms with Crippen molar-refractivity contribution in [1.82, 2.24) is 9.78 Å². The zero-order valence-corrected chi connectivity index (χ0v) is 10.5. The van der Waals surface area contributed by atoms with Crippen molar-refractivity contribution >= 4 is 17.4 Å². The normalized spacial score (nSPS) is 10.5. The first-order chi connectivity index (χ1) is 8.08. The van der Waals surface area contributed by atoms with Gasteiger partial charge < -0.3 is 0 Å². The van der Waals surface area contributed by atoms with Crippen molar-refractivity contribution in [2.24, 2.45) is 7.05 Å². The van der Waals surface area contributed by atoms with E-state index >= 15 is 0 Å². The van der Waals surface area contributed by atoms with E-state index in [1.165, 1.54) is 0 Å². The average Bonchev–Trinajstić information content (AvgIpc) is 2.68. The van der Waals surface area contributed by atoms with Gasteiger partial charge in [-0.1, -0.05) is 23.7 Å². The van der Waals surface area contributed by atoms with Gasteiger partial charge in [-0.25, -0.2) is 0 Å². The molecule has 3 nitrogen and oxygen atoms in total. The molecule has 0 atom stereocenters. The summed E-state index contributed by atoms with van der Waals surface area (Å²) in [5, 5.41) is 4.58. The quantitative estimate of drug-likeness (QED) is 0.783. The zero-order valence-electron chi connectivity index (χ0n) is 9.77. The van der Waals surface area contributed by atoms with Crippen molar-refractivity contribution in [2.45, 2.75) is 13.3 Å². The molecule has 17 heavy (non-hydrogen) atoms. The Morgan fingerprint density at radius 2 is 2.24 bits per heavy atom. The van der Waals surface area contributed by atoms with Crippen molar-refractivity contribution < 1.29 is 4.79 Å². The predicted molar refractivity (Wildman–Crippen MR) is 67.4 cm³/mol. The Morgan fingerprint density at radius 1 is 1.47 bits per heavy atom. The summed E-state index contributed by atoms with van der Waals surface area (Å²) in [7, 11) is 1.83. The third-order valence-electron chi connectivity index (χ3n) is 2.62. The topological polar surface area (TPSA) is 34.9 Å². The minimum Gasteiger partial charge on any atom is -0.294 e. The summed E-state index contributed by atoms with van der Waals surface area (Å²) >= 11 is 6.12. The van der Waals surface area contributed by atoms with E-state index in [-0.39, 0.29) is 5.78 Å². The second-order valence-electron chi connectivity index (χ2n) is 4.06. The van der Waals surface area contributed by atoms with Crippen LogP contribution in [0.25, 0.3) is 0 Å². The van der Waals surface area contributed by atoms with Crippen LogP contribution in [-0.2, 0) is 13.5 Å². The van der Waals surface area contributed by atoms with E-state index in [4.69, 9.17) is 11.6 Å². The number of carbonyl (C=O) groups is 1. The summed E-state index contributed by atoms with van der Waals surface area (Å²) in [4.78, 5) is 12.1. The van der Waals surface area contributed by atoms with Crippen LogP contribution in [0.1, 0.15) is 21.5 Å². The van der Waals surface area contributed by atoms with E-state index in [0.717, 1.165) is 11.1 Å². The van der Waals surface area contributed by atoms with Crippen LogP contribution in [0.2, 0.25) is 5.02 Å². The standard InChI is InChI=1S/C13H13ClN2O/c1-9-4-3-5-11(13(9)14)12(17)6-10-7-15-16(2)8-10/h3-5,7-8H,6H2,1-2H3. The van der Waals surface area contributed by atoms with Crippen LogP contribution < -0.4 is 0 Å². The Kier molecular flexibility index (Phi) is 3.29. The van der Waals surface area contributed by atoms with Crippen molar-refractivity contribution in [2.75, 3.05) is 0 Å². The fraction of sp³-hybridized carbons (Fsp3) is 0.231. The lowest BCUT2D eigenvalue weighted by molar-refractivity contribution is 0.0993. The summed E-state index contributed by atoms with van der Waals surface area (Å²) in [6.07, 6.45) is 3.86. The first-order valence-electron chi connectivity index (χ1n) is 5.34. The van der Waals surface area contributed by atoms with E-state index in [2.05, 4.69) is 5.10 Å². The molecule has 0 bridgehead atoms. The third kappa shape index (κ3) is 2.56. The van der Waals surface area contributed by atoms with Crippen molar-refractivity contribution in [3.8, 4) is 0 Å². The van der Waals surface area contributed by atoms with Gasteiger partial charge in [0.1, 0.15) is 0 Å². The number of ketones is 1. The number of halogens is 1. The van der Waals surface area contributed by atoms with E-state index in [1.807, 2.05) is 32.3 Å². The molecule has 4 heteroatoms. The lowest BCUT2D eigenvalue weighted by Crippen LogP contribution is -2.04. The first-order valence-corrected chi connectivity index (χ1v) is 5.71. The van der Waals surface area contributed by atoms with Gasteiger partial charge in [0.15, 0.2) is 5.78 Å². The molecule has 0 amide bonds. The highest BCUT2D eigenvalue weighted by molar-refractivity contribution is 6.34. The molecule has 1 aromatic carbocycles. The fourth-order valence-corrected chi connectivity index (χ4v) is 1.94. The summed E-state index contributed by atoms with van der Waals surface area (Å²) in [5.74, 6) is 0.0201. The van der Waals surface area contributed by atoms with Crippen LogP contribution in [0.3, 0.4) is 0 Å². The number of aryl methyl sites for hydroxylation is 2. The van der Waals surface area contributed by atoms with E-state index in [0.29, 0.717) is 17.0 Å². The van der Waals surface area contributed by atoms with Gasteiger partial charge in [0.05, 0.1) is 11.2 Å². The molecular weight excluding hydrogens is 236 g/mol. The maximum absolute atomic E-state index is 12.1. The third-order valence-corrected chi connectivity index (χ3v) is 3.12. The number of Topliss-reactive ketones (excluding diaryl/α,β-unsaturated/α-hetero) is 1. The molecular formula is C13H13ClN2O. The minimum atomic E-state index is 0.0201. The lowest BCUT2D eigenvalue weighted by atomic mass is 10.0. The monoisotopic (exact) mass is 248 g/mol. The molecule has 0 spiro atoms. The van der Waals surface area contributed by atoms with Crippen LogP contribution in [0.15, 0.2) is 30.6 Å². The van der Waals surface area contributed by atoms with Crippen LogP contribution in [0, 0.1) is 6.92 Å². The minimum absolute atomic E-state index is 0.0201. The molecule has 1 aromatic heterocycles. The Labute approximate surface area is 105 Å². The summed E-state index contributed by atoms with van der Waals surface area (Å²) in [6, 6.07) is 5.49. The van der Waals surface area contributed by atoms with Crippen molar-refractivity contribution in [3.63, 3.8) is 0 Å². The van der Waals surface area contributed by atoms with Gasteiger partial charge in [0, 0.05) is 25.2 Å². The molecule has 0 fully saturated rings. The second kappa shape index (κ2) is 4.72. The van der Waals surface area contributed by atoms with Gasteiger partial charge in [-0.2, -0.15) is 5.10 Å². The van der Waals surface area contributed by atoms with Crippen molar-refractivity contribution in [3.05, 3.63) is 52.3 Å². The highest BCUT2D eigenvalue weighted by Gasteiger charge is 2.12. The Morgan fingerprint density at radius 3 is 2.88 bits per heavy atom. The molecule has 88 valence electrons. The molecule has 0 saturated heterocycles. The van der Waals surface area contributed by atoms with Crippen LogP contribution in [-0.4, -0.2) is 15.6 Å². The molecule has 0 unspecified atom stereocenters. The molecule has 0 aliphatic heterocycles. The fourth-order valence-electron chi connectivity index (χ4n) is 1.71. The van der Waals surface area contributed by atoms with E-state index in [1.54, 1.807) is 16.9 Å². The first kappa shape index (κ1) is 11.9. The van der Waals surface area contributed by atoms with Gasteiger partial charge >= 0.3 is 0 Å². The van der Waals surface area contributed by atoms with E-state index in [9.17, 15) is 4.79 Å². The highest BCUT2D eigenvalue weighted by Crippen LogP contribution is 2.21. The number of rotatable bonds is 3. The van der Waals surface area contributed by atoms with Crippen molar-refractivity contribution in [1.29, 1.82) is 0 Å². The molecule has 2 rings (SSSR count). The number of benzene rings is 1. The zero-order chi connectivity index (χ0) is 12.4. The average molecular weight is 249 g/mol. The summed E-state index contributed by atoms with van der Waals surface area (Å²) < 4.78 is 1.68. The number of aromatic nitrogens is 2. The summed E-state index contributed by atoms with van der Waals surface area (Å²) in [6.45, 7) is 1.89. The van der Waals surface area contributed by atoms with Gasteiger partial charge in [-0.3, -0.25) is 9.48 Å². The Balaban J connectivity index is 2.23. The maximum atomic E-state index is 12.1. The van der Waals surface area contributed by atoms with Crippen LogP contribution >= 0.6 is 11.6 Å². The lowest BCUT2D eigenvalue weighted by Gasteiger charge is -2.04. The van der Waals surface area contributed by atoms with Crippen LogP contribution in [0.4, 0.5) is 0 Å². The molecule has 0 aliphatic carbocycles. The summed E-state index contributed by atoms with van der Waals surface area (Å²) in [5.41, 5.74) is 2.40. The molecule has 2 aromatic rings. The number of nitrogens with zero attached hydrogens (tertiary/aromatic N) is 2. The van der Waals surface area contributed by atoms with Crippen LogP contribution in [0.5, 0.6) is 0 Å². The van der Waals surface area contributed by atoms with Gasteiger partial charge in [0.25, 0.3) is 0 Å². The molecule has 0 aliphatic rings. The Hall–Kier alpha value is -1.61. The molecule has 1 heterocycles.